The highest BCUT2D eigenvalue weighted by Crippen LogP contribution is 2.28. The number of rotatable bonds is 6. The molecule has 0 bridgehead atoms. The van der Waals surface area contributed by atoms with Crippen LogP contribution >= 0.6 is 0 Å². The van der Waals surface area contributed by atoms with Gasteiger partial charge < -0.3 is 5.32 Å². The van der Waals surface area contributed by atoms with Crippen LogP contribution in [0.1, 0.15) is 45.7 Å². The molecule has 0 amide bonds. The van der Waals surface area contributed by atoms with Gasteiger partial charge in [-0.15, -0.1) is 0 Å². The first-order chi connectivity index (χ1) is 8.07. The summed E-state index contributed by atoms with van der Waals surface area (Å²) in [5, 5.41) is 3.44. The van der Waals surface area contributed by atoms with Gasteiger partial charge in [-0.05, 0) is 30.9 Å². The summed E-state index contributed by atoms with van der Waals surface area (Å²) < 4.78 is 13.8. The molecule has 96 valence electrons. The Kier molecular flexibility index (Phi) is 5.56. The van der Waals surface area contributed by atoms with Crippen molar-refractivity contribution in [2.45, 2.75) is 40.2 Å². The quantitative estimate of drug-likeness (QED) is 0.819. The first-order valence-corrected chi connectivity index (χ1v) is 6.40. The average Bonchev–Trinajstić information content (AvgIpc) is 2.31. The van der Waals surface area contributed by atoms with Crippen LogP contribution in [0.4, 0.5) is 4.39 Å². The molecular formula is C14H23FN2. The van der Waals surface area contributed by atoms with Crippen molar-refractivity contribution in [1.29, 1.82) is 0 Å². The van der Waals surface area contributed by atoms with Crippen LogP contribution < -0.4 is 5.32 Å². The van der Waals surface area contributed by atoms with Gasteiger partial charge in [-0.2, -0.15) is 0 Å². The topological polar surface area (TPSA) is 24.9 Å². The van der Waals surface area contributed by atoms with Crippen molar-refractivity contribution in [2.24, 2.45) is 11.8 Å². The molecule has 0 fully saturated rings. The van der Waals surface area contributed by atoms with Crippen LogP contribution in [-0.2, 0) is 0 Å². The Morgan fingerprint density at radius 2 is 2.06 bits per heavy atom. The predicted octanol–water partition coefficient (Wildman–Crippen LogP) is 3.55. The molecule has 2 atom stereocenters. The van der Waals surface area contributed by atoms with Gasteiger partial charge in [0.1, 0.15) is 5.82 Å². The fourth-order valence-electron chi connectivity index (χ4n) is 1.90. The number of halogens is 1. The van der Waals surface area contributed by atoms with Crippen molar-refractivity contribution in [3.05, 3.63) is 29.8 Å². The molecule has 0 aliphatic heterocycles. The van der Waals surface area contributed by atoms with Gasteiger partial charge in [0.15, 0.2) is 0 Å². The van der Waals surface area contributed by atoms with Gasteiger partial charge in [-0.3, -0.25) is 4.98 Å². The Morgan fingerprint density at radius 3 is 2.59 bits per heavy atom. The van der Waals surface area contributed by atoms with Crippen LogP contribution in [0.15, 0.2) is 18.5 Å². The second-order valence-electron chi connectivity index (χ2n) is 4.93. The second-order valence-corrected chi connectivity index (χ2v) is 4.93. The molecule has 1 aromatic heterocycles. The minimum Gasteiger partial charge on any atom is -0.310 e. The molecule has 0 spiro atoms. The lowest BCUT2D eigenvalue weighted by atomic mass is 9.86. The smallest absolute Gasteiger partial charge is 0.146 e. The lowest BCUT2D eigenvalue weighted by Crippen LogP contribution is -2.31. The van der Waals surface area contributed by atoms with Crippen molar-refractivity contribution in [1.82, 2.24) is 10.3 Å². The SMILES string of the molecule is CCCNC(c1ccncc1F)C(C)C(C)C. The second kappa shape index (κ2) is 6.70. The number of pyridine rings is 1. The normalized spacial score (nSPS) is 14.9. The van der Waals surface area contributed by atoms with Gasteiger partial charge in [0.25, 0.3) is 0 Å². The first-order valence-electron chi connectivity index (χ1n) is 6.40. The molecule has 3 heteroatoms. The standard InChI is InChI=1S/C14H23FN2/c1-5-7-17-14(11(4)10(2)3)12-6-8-16-9-13(12)15/h6,8-11,14,17H,5,7H2,1-4H3. The van der Waals surface area contributed by atoms with E-state index < -0.39 is 0 Å². The van der Waals surface area contributed by atoms with E-state index in [9.17, 15) is 4.39 Å². The van der Waals surface area contributed by atoms with E-state index >= 15 is 0 Å². The van der Waals surface area contributed by atoms with Crippen molar-refractivity contribution in [2.75, 3.05) is 6.54 Å². The summed E-state index contributed by atoms with van der Waals surface area (Å²) >= 11 is 0. The summed E-state index contributed by atoms with van der Waals surface area (Å²) in [6, 6.07) is 1.85. The number of nitrogens with one attached hydrogen (secondary N) is 1. The molecule has 0 aliphatic carbocycles. The van der Waals surface area contributed by atoms with E-state index in [-0.39, 0.29) is 11.9 Å². The maximum atomic E-state index is 13.8. The minimum absolute atomic E-state index is 0.0675. The van der Waals surface area contributed by atoms with Crippen LogP contribution in [0.25, 0.3) is 0 Å². The number of aromatic nitrogens is 1. The Labute approximate surface area is 104 Å². The summed E-state index contributed by atoms with van der Waals surface area (Å²) in [5.74, 6) is 0.684. The van der Waals surface area contributed by atoms with Gasteiger partial charge >= 0.3 is 0 Å². The van der Waals surface area contributed by atoms with E-state index in [2.05, 4.69) is 38.0 Å². The van der Waals surface area contributed by atoms with E-state index in [0.29, 0.717) is 11.8 Å². The molecule has 2 nitrogen and oxygen atoms in total. The molecule has 0 saturated carbocycles. The summed E-state index contributed by atoms with van der Waals surface area (Å²) in [4.78, 5) is 3.81. The summed E-state index contributed by atoms with van der Waals surface area (Å²) in [5.41, 5.74) is 0.731. The Morgan fingerprint density at radius 1 is 1.35 bits per heavy atom. The van der Waals surface area contributed by atoms with Gasteiger partial charge in [0.05, 0.1) is 6.20 Å². The van der Waals surface area contributed by atoms with E-state index in [0.717, 1.165) is 18.5 Å². The molecule has 1 rings (SSSR count). The highest BCUT2D eigenvalue weighted by atomic mass is 19.1. The Bertz CT molecular complexity index is 339. The van der Waals surface area contributed by atoms with Crippen molar-refractivity contribution < 1.29 is 4.39 Å². The monoisotopic (exact) mass is 238 g/mol. The van der Waals surface area contributed by atoms with Crippen molar-refractivity contribution >= 4 is 0 Å². The third-order valence-electron chi connectivity index (χ3n) is 3.33. The number of hydrogen-bond donors (Lipinski definition) is 1. The van der Waals surface area contributed by atoms with E-state index in [1.165, 1.54) is 6.20 Å². The molecule has 1 heterocycles. The van der Waals surface area contributed by atoms with Crippen LogP contribution in [-0.4, -0.2) is 11.5 Å². The zero-order chi connectivity index (χ0) is 12.8. The molecule has 0 aromatic carbocycles. The van der Waals surface area contributed by atoms with E-state index in [1.807, 2.05) is 0 Å². The minimum atomic E-state index is -0.214. The van der Waals surface area contributed by atoms with Gasteiger partial charge in [-0.25, -0.2) is 4.39 Å². The summed E-state index contributed by atoms with van der Waals surface area (Å²) in [6.07, 6.45) is 4.00. The first kappa shape index (κ1) is 14.1. The van der Waals surface area contributed by atoms with Gasteiger partial charge in [0, 0.05) is 17.8 Å². The molecule has 1 N–H and O–H groups in total. The molecular weight excluding hydrogens is 215 g/mol. The molecule has 0 radical (unpaired) electrons. The maximum absolute atomic E-state index is 13.8. The Balaban J connectivity index is 2.93. The molecule has 0 saturated heterocycles. The fraction of sp³-hybridized carbons (Fsp3) is 0.643. The molecule has 2 unspecified atom stereocenters. The third kappa shape index (κ3) is 3.77. The largest absolute Gasteiger partial charge is 0.310 e. The predicted molar refractivity (Wildman–Crippen MR) is 69.2 cm³/mol. The van der Waals surface area contributed by atoms with Gasteiger partial charge in [0.2, 0.25) is 0 Å². The average molecular weight is 238 g/mol. The van der Waals surface area contributed by atoms with Crippen molar-refractivity contribution in [3.63, 3.8) is 0 Å². The van der Waals surface area contributed by atoms with E-state index in [1.54, 1.807) is 12.3 Å². The van der Waals surface area contributed by atoms with Crippen molar-refractivity contribution in [3.8, 4) is 0 Å². The third-order valence-corrected chi connectivity index (χ3v) is 3.33. The van der Waals surface area contributed by atoms with Crippen LogP contribution in [0.5, 0.6) is 0 Å². The van der Waals surface area contributed by atoms with Gasteiger partial charge in [-0.1, -0.05) is 27.7 Å². The van der Waals surface area contributed by atoms with Crippen LogP contribution in [0.2, 0.25) is 0 Å². The summed E-state index contributed by atoms with van der Waals surface area (Å²) in [7, 11) is 0. The lowest BCUT2D eigenvalue weighted by molar-refractivity contribution is 0.297. The molecule has 1 aromatic rings. The van der Waals surface area contributed by atoms with E-state index in [4.69, 9.17) is 0 Å². The fourth-order valence-corrected chi connectivity index (χ4v) is 1.90. The zero-order valence-electron chi connectivity index (χ0n) is 11.2. The number of nitrogens with zero attached hydrogens (tertiary/aromatic N) is 1. The summed E-state index contributed by atoms with van der Waals surface area (Å²) in [6.45, 7) is 9.53. The van der Waals surface area contributed by atoms with Crippen LogP contribution in [0, 0.1) is 17.7 Å². The Hall–Kier alpha value is -0.960. The van der Waals surface area contributed by atoms with Crippen LogP contribution in [0.3, 0.4) is 0 Å². The highest BCUT2D eigenvalue weighted by Gasteiger charge is 2.23. The number of hydrogen-bond acceptors (Lipinski definition) is 2. The lowest BCUT2D eigenvalue weighted by Gasteiger charge is -2.28. The zero-order valence-corrected chi connectivity index (χ0v) is 11.2. The molecule has 0 aliphatic rings. The molecule has 17 heavy (non-hydrogen) atoms. The maximum Gasteiger partial charge on any atom is 0.146 e. The highest BCUT2D eigenvalue weighted by molar-refractivity contribution is 5.18.